The number of carboxylic acid groups (broad SMARTS) is 1. The van der Waals surface area contributed by atoms with Crippen LogP contribution in [-0.2, 0) is 4.79 Å². The van der Waals surface area contributed by atoms with Crippen molar-refractivity contribution in [1.29, 1.82) is 0 Å². The molecule has 0 aliphatic carbocycles. The molecule has 3 rings (SSSR count). The number of hydrogen-bond acceptors (Lipinski definition) is 6. The van der Waals surface area contributed by atoms with Gasteiger partial charge in [-0.05, 0) is 24.3 Å². The summed E-state index contributed by atoms with van der Waals surface area (Å²) in [6.45, 7) is 0. The average Bonchev–Trinajstić information content (AvgIpc) is 2.94. The number of benzene rings is 2. The first kappa shape index (κ1) is 16.8. The summed E-state index contributed by atoms with van der Waals surface area (Å²) in [6.07, 6.45) is 0. The molecule has 1 heterocycles. The van der Waals surface area contributed by atoms with Gasteiger partial charge >= 0.3 is 0 Å². The number of amides is 1. The van der Waals surface area contributed by atoms with Gasteiger partial charge in [0, 0.05) is 15.5 Å². The SMILES string of the molecule is O=C(CSc1ccccc1C(=O)[O-])Nc1nc2ccc(Cl)cc2s1. The Hall–Kier alpha value is -2.09. The summed E-state index contributed by atoms with van der Waals surface area (Å²) in [5, 5.41) is 14.8. The van der Waals surface area contributed by atoms with E-state index in [2.05, 4.69) is 10.3 Å². The number of rotatable bonds is 5. The van der Waals surface area contributed by atoms with E-state index < -0.39 is 5.97 Å². The summed E-state index contributed by atoms with van der Waals surface area (Å²) in [5.74, 6) is -1.46. The Kier molecular flexibility index (Phi) is 5.03. The van der Waals surface area contributed by atoms with E-state index in [1.807, 2.05) is 0 Å². The lowest BCUT2D eigenvalue weighted by molar-refractivity contribution is -0.255. The Morgan fingerprint density at radius 1 is 1.25 bits per heavy atom. The standard InChI is InChI=1S/C16H11ClN2O3S2/c17-9-5-6-11-13(7-9)24-16(18-11)19-14(20)8-23-12-4-2-1-3-10(12)15(21)22/h1-7H,8H2,(H,21,22)(H,18,19,20)/p-1. The number of anilines is 1. The molecule has 8 heteroatoms. The van der Waals surface area contributed by atoms with Crippen LogP contribution in [0.4, 0.5) is 5.13 Å². The zero-order valence-electron chi connectivity index (χ0n) is 12.1. The fourth-order valence-electron chi connectivity index (χ4n) is 2.01. The molecule has 0 unspecified atom stereocenters. The number of carbonyl (C=O) groups excluding carboxylic acids is 2. The van der Waals surface area contributed by atoms with Crippen molar-refractivity contribution in [3.63, 3.8) is 0 Å². The number of halogens is 1. The van der Waals surface area contributed by atoms with E-state index in [-0.39, 0.29) is 17.2 Å². The van der Waals surface area contributed by atoms with Crippen molar-refractivity contribution in [2.75, 3.05) is 11.1 Å². The minimum absolute atomic E-state index is 0.0704. The molecule has 0 saturated heterocycles. The molecule has 0 spiro atoms. The number of nitrogens with zero attached hydrogens (tertiary/aromatic N) is 1. The Morgan fingerprint density at radius 3 is 2.83 bits per heavy atom. The van der Waals surface area contributed by atoms with E-state index >= 15 is 0 Å². The Labute approximate surface area is 150 Å². The van der Waals surface area contributed by atoms with Crippen LogP contribution in [0.1, 0.15) is 10.4 Å². The Bertz CT molecular complexity index is 927. The predicted molar refractivity (Wildman–Crippen MR) is 94.8 cm³/mol. The van der Waals surface area contributed by atoms with Crippen molar-refractivity contribution in [3.05, 3.63) is 53.1 Å². The second-order valence-electron chi connectivity index (χ2n) is 4.75. The third kappa shape index (κ3) is 3.87. The monoisotopic (exact) mass is 377 g/mol. The lowest BCUT2D eigenvalue weighted by Gasteiger charge is -2.09. The second-order valence-corrected chi connectivity index (χ2v) is 7.24. The Balaban J connectivity index is 1.66. The van der Waals surface area contributed by atoms with Gasteiger partial charge in [0.1, 0.15) is 0 Å². The molecular formula is C16H10ClN2O3S2-. The van der Waals surface area contributed by atoms with Crippen LogP contribution in [0.5, 0.6) is 0 Å². The maximum absolute atomic E-state index is 12.1. The van der Waals surface area contributed by atoms with Crippen LogP contribution in [0.2, 0.25) is 5.02 Å². The van der Waals surface area contributed by atoms with Gasteiger partial charge in [0.05, 0.1) is 21.9 Å². The molecule has 0 saturated carbocycles. The van der Waals surface area contributed by atoms with Gasteiger partial charge in [0.25, 0.3) is 0 Å². The summed E-state index contributed by atoms with van der Waals surface area (Å²) in [7, 11) is 0. The largest absolute Gasteiger partial charge is 0.545 e. The van der Waals surface area contributed by atoms with Crippen LogP contribution in [0.3, 0.4) is 0 Å². The van der Waals surface area contributed by atoms with Gasteiger partial charge in [0.15, 0.2) is 5.13 Å². The smallest absolute Gasteiger partial charge is 0.236 e. The molecule has 1 N–H and O–H groups in total. The lowest BCUT2D eigenvalue weighted by atomic mass is 10.2. The molecule has 0 aliphatic rings. The lowest BCUT2D eigenvalue weighted by Crippen LogP contribution is -2.23. The van der Waals surface area contributed by atoms with E-state index in [9.17, 15) is 14.7 Å². The zero-order chi connectivity index (χ0) is 17.1. The molecule has 5 nitrogen and oxygen atoms in total. The topological polar surface area (TPSA) is 82.1 Å². The summed E-state index contributed by atoms with van der Waals surface area (Å²) < 4.78 is 0.882. The third-order valence-corrected chi connectivity index (χ3v) is 5.30. The van der Waals surface area contributed by atoms with Crippen molar-refractivity contribution in [2.24, 2.45) is 0 Å². The van der Waals surface area contributed by atoms with E-state index in [0.29, 0.717) is 15.0 Å². The van der Waals surface area contributed by atoms with Gasteiger partial charge in [-0.2, -0.15) is 0 Å². The number of thioether (sulfide) groups is 1. The van der Waals surface area contributed by atoms with Crippen LogP contribution in [-0.4, -0.2) is 22.6 Å². The second kappa shape index (κ2) is 7.21. The summed E-state index contributed by atoms with van der Waals surface area (Å²) >= 11 is 8.39. The summed E-state index contributed by atoms with van der Waals surface area (Å²) in [5.41, 5.74) is 0.833. The molecule has 0 atom stereocenters. The van der Waals surface area contributed by atoms with Crippen LogP contribution in [0, 0.1) is 0 Å². The molecular weight excluding hydrogens is 368 g/mol. The Morgan fingerprint density at radius 2 is 2.04 bits per heavy atom. The van der Waals surface area contributed by atoms with Crippen LogP contribution >= 0.6 is 34.7 Å². The molecule has 1 amide bonds. The number of thiazole rings is 1. The normalized spacial score (nSPS) is 10.7. The fraction of sp³-hybridized carbons (Fsp3) is 0.0625. The van der Waals surface area contributed by atoms with E-state index in [0.717, 1.165) is 22.0 Å². The first-order chi connectivity index (χ1) is 11.5. The first-order valence-corrected chi connectivity index (χ1v) is 9.00. The molecule has 24 heavy (non-hydrogen) atoms. The molecule has 0 bridgehead atoms. The van der Waals surface area contributed by atoms with Crippen LogP contribution < -0.4 is 10.4 Å². The molecule has 0 aliphatic heterocycles. The van der Waals surface area contributed by atoms with E-state index in [1.54, 1.807) is 36.4 Å². The minimum atomic E-state index is -1.26. The number of carboxylic acids is 1. The number of nitrogens with one attached hydrogen (secondary N) is 1. The van der Waals surface area contributed by atoms with Gasteiger partial charge in [-0.3, -0.25) is 4.79 Å². The maximum Gasteiger partial charge on any atom is 0.236 e. The highest BCUT2D eigenvalue weighted by molar-refractivity contribution is 8.00. The number of carbonyl (C=O) groups is 2. The molecule has 0 radical (unpaired) electrons. The summed E-state index contributed by atoms with van der Waals surface area (Å²) in [6, 6.07) is 11.7. The van der Waals surface area contributed by atoms with Gasteiger partial charge in [-0.15, -0.1) is 11.8 Å². The predicted octanol–water partition coefficient (Wildman–Crippen LogP) is 3.04. The quantitative estimate of drug-likeness (QED) is 0.691. The average molecular weight is 378 g/mol. The van der Waals surface area contributed by atoms with Crippen LogP contribution in [0.15, 0.2) is 47.4 Å². The highest BCUT2D eigenvalue weighted by Crippen LogP contribution is 2.29. The van der Waals surface area contributed by atoms with Gasteiger partial charge in [-0.25, -0.2) is 4.98 Å². The third-order valence-electron chi connectivity index (χ3n) is 3.06. The van der Waals surface area contributed by atoms with Crippen molar-refractivity contribution < 1.29 is 14.7 Å². The fourth-order valence-corrected chi connectivity index (χ4v) is 4.01. The van der Waals surface area contributed by atoms with Gasteiger partial charge in [-0.1, -0.05) is 41.1 Å². The maximum atomic E-state index is 12.1. The van der Waals surface area contributed by atoms with Gasteiger partial charge < -0.3 is 15.2 Å². The molecule has 0 fully saturated rings. The first-order valence-electron chi connectivity index (χ1n) is 6.82. The number of aromatic carboxylic acids is 1. The molecule has 1 aromatic heterocycles. The van der Waals surface area contributed by atoms with Gasteiger partial charge in [0.2, 0.25) is 5.91 Å². The zero-order valence-corrected chi connectivity index (χ0v) is 14.5. The molecule has 3 aromatic rings. The number of fused-ring (bicyclic) bond motifs is 1. The minimum Gasteiger partial charge on any atom is -0.545 e. The van der Waals surface area contributed by atoms with E-state index in [1.165, 1.54) is 17.4 Å². The highest BCUT2D eigenvalue weighted by atomic mass is 35.5. The highest BCUT2D eigenvalue weighted by Gasteiger charge is 2.10. The number of aromatic nitrogens is 1. The van der Waals surface area contributed by atoms with E-state index in [4.69, 9.17) is 11.6 Å². The van der Waals surface area contributed by atoms with Crippen molar-refractivity contribution in [2.45, 2.75) is 4.90 Å². The molecule has 2 aromatic carbocycles. The number of hydrogen-bond donors (Lipinski definition) is 1. The van der Waals surface area contributed by atoms with Crippen molar-refractivity contribution in [1.82, 2.24) is 4.98 Å². The van der Waals surface area contributed by atoms with Crippen LogP contribution in [0.25, 0.3) is 10.2 Å². The van der Waals surface area contributed by atoms with Crippen molar-refractivity contribution >= 4 is 61.9 Å². The summed E-state index contributed by atoms with van der Waals surface area (Å²) in [4.78, 5) is 27.9. The molecule has 122 valence electrons. The van der Waals surface area contributed by atoms with Crippen molar-refractivity contribution in [3.8, 4) is 0 Å².